The molecule has 0 aliphatic carbocycles. The van der Waals surface area contributed by atoms with Crippen molar-refractivity contribution in [3.8, 4) is 0 Å². The summed E-state index contributed by atoms with van der Waals surface area (Å²) in [5, 5.41) is 6.76. The maximum Gasteiger partial charge on any atom is 0.411 e. The summed E-state index contributed by atoms with van der Waals surface area (Å²) in [7, 11) is -3.49. The Balaban J connectivity index is 1.80. The Labute approximate surface area is 167 Å². The highest BCUT2D eigenvalue weighted by Crippen LogP contribution is 2.15. The molecule has 2 heterocycles. The summed E-state index contributed by atoms with van der Waals surface area (Å²) in [4.78, 5) is 6.33. The van der Waals surface area contributed by atoms with Gasteiger partial charge in [0.2, 0.25) is 10.0 Å². The molecule has 1 aliphatic heterocycles. The Kier molecular flexibility index (Phi) is 8.71. The molecular formula is C16H26F3N5O4S. The predicted molar refractivity (Wildman–Crippen MR) is 99.7 cm³/mol. The average Bonchev–Trinajstić information content (AvgIpc) is 3.15. The van der Waals surface area contributed by atoms with Gasteiger partial charge in [0.1, 0.15) is 18.6 Å². The molecule has 9 nitrogen and oxygen atoms in total. The van der Waals surface area contributed by atoms with Gasteiger partial charge < -0.3 is 19.5 Å². The van der Waals surface area contributed by atoms with Gasteiger partial charge in [-0.25, -0.2) is 8.42 Å². The van der Waals surface area contributed by atoms with E-state index in [4.69, 9.17) is 0 Å². The molecule has 1 aromatic heterocycles. The number of rotatable bonds is 9. The molecule has 0 unspecified atom stereocenters. The van der Waals surface area contributed by atoms with Crippen LogP contribution in [0, 0.1) is 0 Å². The maximum atomic E-state index is 12.5. The van der Waals surface area contributed by atoms with E-state index in [1.54, 1.807) is 0 Å². The van der Waals surface area contributed by atoms with E-state index < -0.39 is 22.8 Å². The van der Waals surface area contributed by atoms with E-state index in [1.165, 1.54) is 16.6 Å². The minimum absolute atomic E-state index is 0.0313. The van der Waals surface area contributed by atoms with Crippen molar-refractivity contribution in [1.29, 1.82) is 0 Å². The number of hydrogen-bond donors (Lipinski definition) is 1. The second-order valence-electron chi connectivity index (χ2n) is 6.39. The summed E-state index contributed by atoms with van der Waals surface area (Å²) in [6, 6.07) is 1.52. The van der Waals surface area contributed by atoms with Crippen LogP contribution >= 0.6 is 0 Å². The molecule has 0 amide bonds. The molecule has 2 rings (SSSR count). The zero-order chi connectivity index (χ0) is 21.3. The SMILES string of the molecule is CCNC(=NCCCOCC(F)(F)F)N1CCN(S(=O)(=O)Cc2ccon2)CC1. The van der Waals surface area contributed by atoms with Crippen molar-refractivity contribution >= 4 is 16.0 Å². The van der Waals surface area contributed by atoms with Crippen molar-refractivity contribution in [2.45, 2.75) is 25.3 Å². The lowest BCUT2D eigenvalue weighted by Crippen LogP contribution is -2.53. The highest BCUT2D eigenvalue weighted by atomic mass is 32.2. The smallest absolute Gasteiger partial charge is 0.372 e. The number of guanidine groups is 1. The number of halogens is 3. The number of hydrogen-bond acceptors (Lipinski definition) is 6. The van der Waals surface area contributed by atoms with E-state index in [2.05, 4.69) is 24.7 Å². The molecule has 1 aromatic rings. The van der Waals surface area contributed by atoms with Crippen molar-refractivity contribution in [1.82, 2.24) is 19.7 Å². The first-order valence-electron chi connectivity index (χ1n) is 9.26. The van der Waals surface area contributed by atoms with E-state index in [-0.39, 0.29) is 12.4 Å². The van der Waals surface area contributed by atoms with Gasteiger partial charge in [-0.2, -0.15) is 17.5 Å². The Bertz CT molecular complexity index is 732. The van der Waals surface area contributed by atoms with Crippen molar-refractivity contribution in [2.24, 2.45) is 4.99 Å². The van der Waals surface area contributed by atoms with Crippen molar-refractivity contribution in [3.63, 3.8) is 0 Å². The molecular weight excluding hydrogens is 415 g/mol. The van der Waals surface area contributed by atoms with Gasteiger partial charge >= 0.3 is 6.18 Å². The molecule has 1 N–H and O–H groups in total. The topological polar surface area (TPSA) is 100 Å². The van der Waals surface area contributed by atoms with E-state index in [0.29, 0.717) is 57.3 Å². The first-order chi connectivity index (χ1) is 13.7. The van der Waals surface area contributed by atoms with Crippen LogP contribution in [0.2, 0.25) is 0 Å². The summed E-state index contributed by atoms with van der Waals surface area (Å²) in [5.41, 5.74) is 0.357. The van der Waals surface area contributed by atoms with Gasteiger partial charge in [-0.05, 0) is 13.3 Å². The first-order valence-corrected chi connectivity index (χ1v) is 10.9. The molecule has 0 bridgehead atoms. The van der Waals surface area contributed by atoms with Crippen LogP contribution in [0.4, 0.5) is 13.2 Å². The molecule has 0 spiro atoms. The summed E-state index contributed by atoms with van der Waals surface area (Å²) >= 11 is 0. The molecule has 0 aromatic carbocycles. The quantitative estimate of drug-likeness (QED) is 0.347. The standard InChI is InChI=1S/C16H26F3N5O4S/c1-2-20-15(21-5-3-10-27-13-16(17,18)19)23-6-8-24(9-7-23)29(25,26)12-14-4-11-28-22-14/h4,11H,2-3,5-10,12-13H2,1H3,(H,20,21). The number of ether oxygens (including phenoxy) is 1. The molecule has 166 valence electrons. The summed E-state index contributed by atoms with van der Waals surface area (Å²) in [6.45, 7) is 3.05. The Hall–Kier alpha value is -1.86. The van der Waals surface area contributed by atoms with E-state index in [9.17, 15) is 21.6 Å². The Morgan fingerprint density at radius 1 is 1.34 bits per heavy atom. The second-order valence-corrected chi connectivity index (χ2v) is 8.36. The molecule has 13 heteroatoms. The molecule has 0 saturated carbocycles. The van der Waals surface area contributed by atoms with Crippen LogP contribution in [0.3, 0.4) is 0 Å². The lowest BCUT2D eigenvalue weighted by molar-refractivity contribution is -0.173. The summed E-state index contributed by atoms with van der Waals surface area (Å²) in [6.07, 6.45) is -2.64. The minimum atomic E-state index is -4.33. The molecule has 1 saturated heterocycles. The van der Waals surface area contributed by atoms with Gasteiger partial charge in [0, 0.05) is 51.9 Å². The average molecular weight is 441 g/mol. The highest BCUT2D eigenvalue weighted by molar-refractivity contribution is 7.88. The van der Waals surface area contributed by atoms with Crippen LogP contribution in [0.1, 0.15) is 19.0 Å². The van der Waals surface area contributed by atoms with Crippen molar-refractivity contribution in [2.75, 3.05) is 52.5 Å². The normalized spacial score (nSPS) is 17.0. The molecule has 1 aliphatic rings. The van der Waals surface area contributed by atoms with Crippen LogP contribution < -0.4 is 5.32 Å². The van der Waals surface area contributed by atoms with Crippen LogP contribution in [0.15, 0.2) is 21.8 Å². The van der Waals surface area contributed by atoms with Crippen LogP contribution in [0.25, 0.3) is 0 Å². The fraction of sp³-hybridized carbons (Fsp3) is 0.750. The third-order valence-corrected chi connectivity index (χ3v) is 5.87. The summed E-state index contributed by atoms with van der Waals surface area (Å²) in [5.74, 6) is 0.395. The number of aromatic nitrogens is 1. The number of sulfonamides is 1. The lowest BCUT2D eigenvalue weighted by atomic mass is 10.4. The van der Waals surface area contributed by atoms with Gasteiger partial charge in [-0.3, -0.25) is 4.99 Å². The Morgan fingerprint density at radius 3 is 2.66 bits per heavy atom. The van der Waals surface area contributed by atoms with Gasteiger partial charge in [-0.1, -0.05) is 5.16 Å². The zero-order valence-corrected chi connectivity index (χ0v) is 17.0. The largest absolute Gasteiger partial charge is 0.411 e. The third-order valence-electron chi connectivity index (χ3n) is 4.06. The van der Waals surface area contributed by atoms with E-state index >= 15 is 0 Å². The molecule has 1 fully saturated rings. The second kappa shape index (κ2) is 10.8. The van der Waals surface area contributed by atoms with Crippen molar-refractivity contribution in [3.05, 3.63) is 18.0 Å². The molecule has 29 heavy (non-hydrogen) atoms. The molecule has 0 radical (unpaired) electrons. The third kappa shape index (κ3) is 8.19. The fourth-order valence-corrected chi connectivity index (χ4v) is 4.16. The fourth-order valence-electron chi connectivity index (χ4n) is 2.73. The van der Waals surface area contributed by atoms with E-state index in [0.717, 1.165) is 0 Å². The summed E-state index contributed by atoms with van der Waals surface area (Å²) < 4.78 is 71.7. The van der Waals surface area contributed by atoms with Crippen LogP contribution in [-0.4, -0.2) is 87.4 Å². The number of piperazine rings is 1. The van der Waals surface area contributed by atoms with Gasteiger partial charge in [0.05, 0.1) is 5.69 Å². The monoisotopic (exact) mass is 441 g/mol. The van der Waals surface area contributed by atoms with Gasteiger partial charge in [0.25, 0.3) is 0 Å². The minimum Gasteiger partial charge on any atom is -0.372 e. The predicted octanol–water partition coefficient (Wildman–Crippen LogP) is 1.06. The van der Waals surface area contributed by atoms with Crippen LogP contribution in [-0.2, 0) is 20.5 Å². The van der Waals surface area contributed by atoms with Gasteiger partial charge in [-0.15, -0.1) is 0 Å². The number of alkyl halides is 3. The lowest BCUT2D eigenvalue weighted by Gasteiger charge is -2.35. The zero-order valence-electron chi connectivity index (χ0n) is 16.2. The number of nitrogens with zero attached hydrogens (tertiary/aromatic N) is 4. The first kappa shape index (κ1) is 23.4. The van der Waals surface area contributed by atoms with Crippen LogP contribution in [0.5, 0.6) is 0 Å². The Morgan fingerprint density at radius 2 is 2.07 bits per heavy atom. The number of nitrogens with one attached hydrogen (secondary N) is 1. The molecule has 0 atom stereocenters. The van der Waals surface area contributed by atoms with E-state index in [1.807, 2.05) is 11.8 Å². The number of aliphatic imine (C=N–C) groups is 1. The van der Waals surface area contributed by atoms with Crippen molar-refractivity contribution < 1.29 is 30.8 Å². The maximum absolute atomic E-state index is 12.5. The van der Waals surface area contributed by atoms with Gasteiger partial charge in [0.15, 0.2) is 5.96 Å². The highest BCUT2D eigenvalue weighted by Gasteiger charge is 2.29.